The molecule has 0 fully saturated rings. The van der Waals surface area contributed by atoms with Crippen molar-refractivity contribution >= 4 is 43.8 Å². The highest BCUT2D eigenvalue weighted by molar-refractivity contribution is 6.23. The number of hydrogen-bond donors (Lipinski definition) is 0. The fraction of sp³-hybridized carbons (Fsp3) is 0.125. The lowest BCUT2D eigenvalue weighted by molar-refractivity contribution is -0.727. The summed E-state index contributed by atoms with van der Waals surface area (Å²) < 4.78 is 7.49. The van der Waals surface area contributed by atoms with Crippen LogP contribution in [0.15, 0.2) is 146 Å². The fourth-order valence-corrected chi connectivity index (χ4v) is 9.65. The number of rotatable bonds is 1. The van der Waals surface area contributed by atoms with E-state index in [9.17, 15) is 0 Å². The summed E-state index contributed by atoms with van der Waals surface area (Å²) in [6.45, 7) is 9.49. The van der Waals surface area contributed by atoms with Crippen LogP contribution in [0.3, 0.4) is 0 Å². The summed E-state index contributed by atoms with van der Waals surface area (Å²) in [6.07, 6.45) is 6.70. The highest BCUT2D eigenvalue weighted by Gasteiger charge is 2.47. The molecule has 0 saturated carbocycles. The molecule has 5 aromatic carbocycles. The summed E-state index contributed by atoms with van der Waals surface area (Å²) in [5, 5.41) is 5.26. The van der Waals surface area contributed by atoms with E-state index in [1.165, 1.54) is 94.0 Å². The first-order valence-electron chi connectivity index (χ1n) is 18.2. The molecule has 3 nitrogen and oxygen atoms in total. The number of allylic oxidation sites excluding steroid dienone is 1. The van der Waals surface area contributed by atoms with E-state index in [2.05, 4.69) is 167 Å². The smallest absolute Gasteiger partial charge is 0.249 e. The lowest BCUT2D eigenvalue weighted by Crippen LogP contribution is -2.53. The van der Waals surface area contributed by atoms with Gasteiger partial charge in [-0.15, -0.1) is 0 Å². The summed E-state index contributed by atoms with van der Waals surface area (Å²) in [7, 11) is 0. The second-order valence-corrected chi connectivity index (χ2v) is 14.7. The van der Waals surface area contributed by atoms with Gasteiger partial charge in [0.05, 0.1) is 28.0 Å². The number of hydrogen-bond acceptors (Lipinski definition) is 0. The maximum atomic E-state index is 5.02. The van der Waals surface area contributed by atoms with E-state index < -0.39 is 0 Å². The first-order valence-corrected chi connectivity index (χ1v) is 18.2. The van der Waals surface area contributed by atoms with E-state index in [1.807, 2.05) is 0 Å². The van der Waals surface area contributed by atoms with E-state index in [-0.39, 0.29) is 12.0 Å². The Hall–Kier alpha value is -6.06. The third-order valence-electron chi connectivity index (χ3n) is 11.9. The van der Waals surface area contributed by atoms with Crippen molar-refractivity contribution in [1.82, 2.24) is 4.40 Å². The first-order chi connectivity index (χ1) is 25.0. The molecule has 9 aromatic rings. The van der Waals surface area contributed by atoms with E-state index in [0.29, 0.717) is 0 Å². The molecule has 51 heavy (non-hydrogen) atoms. The third kappa shape index (κ3) is 3.95. The largest absolute Gasteiger partial charge is 0.308 e. The van der Waals surface area contributed by atoms with Gasteiger partial charge in [0.2, 0.25) is 23.1 Å². The van der Waals surface area contributed by atoms with Crippen LogP contribution in [-0.2, 0) is 6.42 Å². The summed E-state index contributed by atoms with van der Waals surface area (Å²) >= 11 is 0. The van der Waals surface area contributed by atoms with Crippen LogP contribution >= 0.6 is 0 Å². The van der Waals surface area contributed by atoms with Crippen molar-refractivity contribution in [3.8, 4) is 33.6 Å². The molecule has 0 spiro atoms. The molecule has 4 aromatic heterocycles. The molecule has 3 heteroatoms. The molecule has 2 atom stereocenters. The minimum atomic E-state index is 0.0554. The van der Waals surface area contributed by atoms with Crippen molar-refractivity contribution in [3.05, 3.63) is 169 Å². The van der Waals surface area contributed by atoms with Gasteiger partial charge in [-0.1, -0.05) is 84.9 Å². The number of nitrogens with zero attached hydrogens (tertiary/aromatic N) is 3. The zero-order valence-electron chi connectivity index (χ0n) is 28.9. The van der Waals surface area contributed by atoms with Gasteiger partial charge < -0.3 is 4.40 Å². The molecule has 2 aliphatic heterocycles. The normalized spacial score (nSPS) is 16.7. The van der Waals surface area contributed by atoms with Gasteiger partial charge in [0.25, 0.3) is 0 Å². The maximum Gasteiger partial charge on any atom is 0.249 e. The molecular weight excluding hydrogens is 619 g/mol. The van der Waals surface area contributed by atoms with Gasteiger partial charge in [0.1, 0.15) is 0 Å². The highest BCUT2D eigenvalue weighted by Crippen LogP contribution is 2.47. The van der Waals surface area contributed by atoms with Crippen molar-refractivity contribution in [2.24, 2.45) is 0 Å². The Labute approximate surface area is 297 Å². The monoisotopic (exact) mass is 655 g/mol. The SMILES string of the molecule is C=C1C2C(CCc3cc4c(cc3-c3cc(C)c(-c5ccccc5)c[n+]31)c1cccc3c5ccccc5n4c31)c1ccccc1-c1ccc(C)c[n+]12. The molecule has 0 bridgehead atoms. The molecule has 242 valence electrons. The maximum absolute atomic E-state index is 5.02. The molecule has 11 rings (SSSR count). The average Bonchev–Trinajstić information content (AvgIpc) is 3.69. The van der Waals surface area contributed by atoms with Gasteiger partial charge in [-0.25, -0.2) is 0 Å². The predicted octanol–water partition coefficient (Wildman–Crippen LogP) is 10.8. The van der Waals surface area contributed by atoms with E-state index in [4.69, 9.17) is 6.58 Å². The highest BCUT2D eigenvalue weighted by atomic mass is 15.1. The van der Waals surface area contributed by atoms with Gasteiger partial charge in [-0.3, -0.25) is 0 Å². The minimum Gasteiger partial charge on any atom is -0.308 e. The van der Waals surface area contributed by atoms with Crippen molar-refractivity contribution in [3.63, 3.8) is 0 Å². The lowest BCUT2D eigenvalue weighted by atomic mass is 9.78. The summed E-state index contributed by atoms with van der Waals surface area (Å²) in [6, 6.07) is 47.6. The van der Waals surface area contributed by atoms with Crippen molar-refractivity contribution < 1.29 is 9.13 Å². The van der Waals surface area contributed by atoms with E-state index in [0.717, 1.165) is 18.5 Å². The third-order valence-corrected chi connectivity index (χ3v) is 11.9. The topological polar surface area (TPSA) is 12.2 Å². The fourth-order valence-electron chi connectivity index (χ4n) is 9.65. The molecule has 0 N–H and O–H groups in total. The Balaban J connectivity index is 1.24. The van der Waals surface area contributed by atoms with Gasteiger partial charge in [-0.05, 0) is 85.9 Å². The van der Waals surface area contributed by atoms with Gasteiger partial charge in [0, 0.05) is 50.4 Å². The Morgan fingerprint density at radius 2 is 1.39 bits per heavy atom. The number of para-hydroxylation sites is 2. The van der Waals surface area contributed by atoms with Gasteiger partial charge >= 0.3 is 0 Å². The van der Waals surface area contributed by atoms with Crippen molar-refractivity contribution in [2.75, 3.05) is 0 Å². The predicted molar refractivity (Wildman–Crippen MR) is 209 cm³/mol. The molecule has 0 amide bonds. The van der Waals surface area contributed by atoms with E-state index in [1.54, 1.807) is 0 Å². The van der Waals surface area contributed by atoms with Crippen molar-refractivity contribution in [2.45, 2.75) is 38.6 Å². The summed E-state index contributed by atoms with van der Waals surface area (Å²) in [4.78, 5) is 0. The van der Waals surface area contributed by atoms with Crippen molar-refractivity contribution in [1.29, 1.82) is 0 Å². The van der Waals surface area contributed by atoms with Crippen LogP contribution in [0.5, 0.6) is 0 Å². The molecular formula is C48H37N3+2. The quantitative estimate of drug-likeness (QED) is 0.156. The first kappa shape index (κ1) is 28.7. The van der Waals surface area contributed by atoms with Crippen LogP contribution < -0.4 is 9.13 Å². The number of fused-ring (bicyclic) bond motifs is 15. The van der Waals surface area contributed by atoms with Crippen LogP contribution in [0, 0.1) is 13.8 Å². The number of aryl methyl sites for hydroxylation is 3. The molecule has 0 aliphatic carbocycles. The summed E-state index contributed by atoms with van der Waals surface area (Å²) in [5.74, 6) is 0.255. The van der Waals surface area contributed by atoms with Crippen LogP contribution in [0.4, 0.5) is 0 Å². The van der Waals surface area contributed by atoms with Crippen LogP contribution in [0.25, 0.3) is 77.4 Å². The van der Waals surface area contributed by atoms with Crippen LogP contribution in [0.2, 0.25) is 0 Å². The van der Waals surface area contributed by atoms with Gasteiger partial charge in [0.15, 0.2) is 12.4 Å². The van der Waals surface area contributed by atoms with Crippen LogP contribution in [0.1, 0.15) is 40.6 Å². The average molecular weight is 656 g/mol. The van der Waals surface area contributed by atoms with Gasteiger partial charge in [-0.2, -0.15) is 9.13 Å². The molecule has 0 saturated heterocycles. The lowest BCUT2D eigenvalue weighted by Gasteiger charge is -2.29. The zero-order chi connectivity index (χ0) is 34.0. The Morgan fingerprint density at radius 3 is 2.27 bits per heavy atom. The Bertz CT molecular complexity index is 2910. The Morgan fingerprint density at radius 1 is 0.627 bits per heavy atom. The molecule has 6 heterocycles. The standard InChI is InChI=1S/C48H37N3/c1-29-20-23-43-35-15-8-7-14-34(35)39-22-21-33-25-46-41(38-18-11-17-37-36-16-9-10-19-44(36)51(46)48(37)38)26-40(33)45-24-30(2)42(32-12-5-4-6-13-32)28-49(45)31(3)47(39)50(43)27-29/h4-20,23-28,39,47H,3,21-22H2,1-2H3/q+2. The molecule has 0 radical (unpaired) electrons. The Kier molecular flexibility index (Phi) is 5.90. The summed E-state index contributed by atoms with van der Waals surface area (Å²) in [5.41, 5.74) is 17.9. The zero-order valence-corrected chi connectivity index (χ0v) is 28.9. The number of benzene rings is 5. The second-order valence-electron chi connectivity index (χ2n) is 14.7. The number of aromatic nitrogens is 3. The van der Waals surface area contributed by atoms with E-state index >= 15 is 0 Å². The molecule has 2 aliphatic rings. The minimum absolute atomic E-state index is 0.0554. The number of pyridine rings is 2. The second kappa shape index (κ2) is 10.5. The van der Waals surface area contributed by atoms with Crippen LogP contribution in [-0.4, -0.2) is 4.40 Å². The molecule has 2 unspecified atom stereocenters.